The molecule has 3 rings (SSSR count). The first-order chi connectivity index (χ1) is 13.0. The predicted octanol–water partition coefficient (Wildman–Crippen LogP) is 5.52. The smallest absolute Gasteiger partial charge is 0.341 e. The normalized spacial score (nSPS) is 10.7. The molecule has 3 aromatic rings. The molecule has 1 heterocycles. The molecule has 0 saturated heterocycles. The molecule has 6 heteroatoms. The van der Waals surface area contributed by atoms with E-state index < -0.39 is 5.97 Å². The molecule has 0 radical (unpaired) electrons. The van der Waals surface area contributed by atoms with Gasteiger partial charge in [-0.2, -0.15) is 0 Å². The van der Waals surface area contributed by atoms with E-state index in [0.717, 1.165) is 27.9 Å². The van der Waals surface area contributed by atoms with E-state index in [2.05, 4.69) is 10.3 Å². The van der Waals surface area contributed by atoms with Gasteiger partial charge in [0, 0.05) is 22.3 Å². The highest BCUT2D eigenvalue weighted by Gasteiger charge is 2.18. The molecule has 0 aliphatic heterocycles. The summed E-state index contributed by atoms with van der Waals surface area (Å²) in [6, 6.07) is 11.2. The number of carbonyl (C=O) groups excluding carboxylic acids is 1. The van der Waals surface area contributed by atoms with Gasteiger partial charge in [0.15, 0.2) is 0 Å². The largest absolute Gasteiger partial charge is 0.494 e. The van der Waals surface area contributed by atoms with Crippen LogP contribution in [0.3, 0.4) is 0 Å². The number of fused-ring (bicyclic) bond motifs is 1. The summed E-state index contributed by atoms with van der Waals surface area (Å²) in [6.07, 6.45) is 1.53. The molecule has 27 heavy (non-hydrogen) atoms. The van der Waals surface area contributed by atoms with Crippen LogP contribution >= 0.6 is 11.6 Å². The van der Waals surface area contributed by atoms with Crippen LogP contribution in [0.15, 0.2) is 42.6 Å². The van der Waals surface area contributed by atoms with E-state index in [1.54, 1.807) is 13.0 Å². The molecule has 0 fully saturated rings. The van der Waals surface area contributed by atoms with E-state index in [4.69, 9.17) is 21.1 Å². The first kappa shape index (κ1) is 19.0. The van der Waals surface area contributed by atoms with Gasteiger partial charge in [0.2, 0.25) is 0 Å². The van der Waals surface area contributed by atoms with Crippen LogP contribution in [0.5, 0.6) is 5.75 Å². The summed E-state index contributed by atoms with van der Waals surface area (Å²) in [5.74, 6) is 0.365. The Morgan fingerprint density at radius 3 is 2.52 bits per heavy atom. The quantitative estimate of drug-likeness (QED) is 0.567. The second kappa shape index (κ2) is 8.27. The fourth-order valence-corrected chi connectivity index (χ4v) is 2.98. The maximum atomic E-state index is 12.4. The minimum Gasteiger partial charge on any atom is -0.494 e. The van der Waals surface area contributed by atoms with Crippen molar-refractivity contribution in [2.45, 2.75) is 20.8 Å². The number of pyridine rings is 1. The average molecular weight is 385 g/mol. The highest BCUT2D eigenvalue weighted by molar-refractivity contribution is 6.32. The number of esters is 1. The molecule has 0 saturated carbocycles. The summed E-state index contributed by atoms with van der Waals surface area (Å²) < 4.78 is 10.7. The van der Waals surface area contributed by atoms with Crippen molar-refractivity contribution in [3.8, 4) is 5.75 Å². The van der Waals surface area contributed by atoms with Gasteiger partial charge in [-0.25, -0.2) is 4.79 Å². The number of ether oxygens (including phenoxy) is 2. The number of nitrogens with zero attached hydrogens (tertiary/aromatic N) is 1. The van der Waals surface area contributed by atoms with E-state index in [9.17, 15) is 4.79 Å². The number of benzene rings is 2. The summed E-state index contributed by atoms with van der Waals surface area (Å²) in [6.45, 7) is 6.51. The Morgan fingerprint density at radius 1 is 1.11 bits per heavy atom. The van der Waals surface area contributed by atoms with Crippen LogP contribution in [0.2, 0.25) is 5.02 Å². The van der Waals surface area contributed by atoms with Crippen molar-refractivity contribution < 1.29 is 14.3 Å². The number of nitrogens with one attached hydrogen (secondary N) is 1. The second-order valence-corrected chi connectivity index (χ2v) is 6.33. The molecule has 1 N–H and O–H groups in total. The van der Waals surface area contributed by atoms with E-state index in [-0.39, 0.29) is 0 Å². The fourth-order valence-electron chi connectivity index (χ4n) is 2.83. The summed E-state index contributed by atoms with van der Waals surface area (Å²) in [4.78, 5) is 16.9. The number of aromatic nitrogens is 1. The van der Waals surface area contributed by atoms with Crippen LogP contribution < -0.4 is 10.1 Å². The van der Waals surface area contributed by atoms with Crippen LogP contribution in [0.1, 0.15) is 29.8 Å². The summed E-state index contributed by atoms with van der Waals surface area (Å²) in [5.41, 5.74) is 3.44. The highest BCUT2D eigenvalue weighted by atomic mass is 35.5. The summed E-state index contributed by atoms with van der Waals surface area (Å²) in [5, 5.41) is 4.76. The van der Waals surface area contributed by atoms with Gasteiger partial charge in [0.1, 0.15) is 11.3 Å². The fraction of sp³-hybridized carbons (Fsp3) is 0.238. The lowest BCUT2D eigenvalue weighted by Gasteiger charge is -2.16. The molecule has 0 aliphatic rings. The minimum atomic E-state index is -0.423. The number of carbonyl (C=O) groups is 1. The van der Waals surface area contributed by atoms with E-state index in [1.807, 2.05) is 44.2 Å². The van der Waals surface area contributed by atoms with E-state index in [1.165, 1.54) is 6.20 Å². The Kier molecular flexibility index (Phi) is 5.81. The van der Waals surface area contributed by atoms with Crippen molar-refractivity contribution in [3.63, 3.8) is 0 Å². The number of aryl methyl sites for hydroxylation is 1. The lowest BCUT2D eigenvalue weighted by atomic mass is 10.1. The highest BCUT2D eigenvalue weighted by Crippen LogP contribution is 2.33. The van der Waals surface area contributed by atoms with Crippen molar-refractivity contribution in [2.75, 3.05) is 18.5 Å². The zero-order valence-electron chi connectivity index (χ0n) is 15.5. The summed E-state index contributed by atoms with van der Waals surface area (Å²) in [7, 11) is 0. The van der Waals surface area contributed by atoms with Crippen molar-refractivity contribution in [2.24, 2.45) is 0 Å². The van der Waals surface area contributed by atoms with E-state index >= 15 is 0 Å². The molecule has 0 spiro atoms. The number of hydrogen-bond donors (Lipinski definition) is 1. The van der Waals surface area contributed by atoms with Gasteiger partial charge in [0.25, 0.3) is 0 Å². The Hall–Kier alpha value is -2.79. The molecule has 0 aliphatic carbocycles. The van der Waals surface area contributed by atoms with Crippen LogP contribution in [-0.4, -0.2) is 24.2 Å². The first-order valence-corrected chi connectivity index (χ1v) is 9.17. The zero-order valence-corrected chi connectivity index (χ0v) is 16.3. The van der Waals surface area contributed by atoms with Crippen LogP contribution in [0, 0.1) is 6.92 Å². The van der Waals surface area contributed by atoms with Gasteiger partial charge in [-0.05, 0) is 62.7 Å². The summed E-state index contributed by atoms with van der Waals surface area (Å²) >= 11 is 6.23. The molecule has 2 aromatic carbocycles. The van der Waals surface area contributed by atoms with Crippen molar-refractivity contribution in [3.05, 3.63) is 58.7 Å². The van der Waals surface area contributed by atoms with Crippen molar-refractivity contribution >= 4 is 39.8 Å². The standard InChI is InChI=1S/C21H21ClN2O3/c1-4-26-15-8-6-14(7-9-15)24-20-16-10-11-18(22)13(3)19(16)23-12-17(20)21(25)27-5-2/h6-12H,4-5H2,1-3H3,(H,23,24). The minimum absolute atomic E-state index is 0.291. The Bertz CT molecular complexity index is 971. The lowest BCUT2D eigenvalue weighted by molar-refractivity contribution is 0.0527. The number of rotatable bonds is 6. The van der Waals surface area contributed by atoms with Gasteiger partial charge in [-0.3, -0.25) is 4.98 Å². The second-order valence-electron chi connectivity index (χ2n) is 5.92. The van der Waals surface area contributed by atoms with Crippen LogP contribution in [0.4, 0.5) is 11.4 Å². The SMILES string of the molecule is CCOC(=O)c1cnc2c(C)c(Cl)ccc2c1Nc1ccc(OCC)cc1. The van der Waals surface area contributed by atoms with Crippen LogP contribution in [-0.2, 0) is 4.74 Å². The molecule has 1 aromatic heterocycles. The molecular weight excluding hydrogens is 364 g/mol. The monoisotopic (exact) mass is 384 g/mol. The van der Waals surface area contributed by atoms with Crippen molar-refractivity contribution in [1.29, 1.82) is 0 Å². The number of anilines is 2. The topological polar surface area (TPSA) is 60.5 Å². The third-order valence-corrected chi connectivity index (χ3v) is 4.57. The van der Waals surface area contributed by atoms with Crippen molar-refractivity contribution in [1.82, 2.24) is 4.98 Å². The molecule has 5 nitrogen and oxygen atoms in total. The van der Waals surface area contributed by atoms with Crippen LogP contribution in [0.25, 0.3) is 10.9 Å². The van der Waals surface area contributed by atoms with E-state index in [0.29, 0.717) is 29.5 Å². The van der Waals surface area contributed by atoms with Gasteiger partial charge in [-0.1, -0.05) is 11.6 Å². The maximum absolute atomic E-state index is 12.4. The predicted molar refractivity (Wildman–Crippen MR) is 108 cm³/mol. The van der Waals surface area contributed by atoms with Gasteiger partial charge < -0.3 is 14.8 Å². The van der Waals surface area contributed by atoms with Gasteiger partial charge in [-0.15, -0.1) is 0 Å². The number of hydrogen-bond acceptors (Lipinski definition) is 5. The molecular formula is C21H21ClN2O3. The Balaban J connectivity index is 2.10. The molecule has 0 amide bonds. The number of halogens is 1. The van der Waals surface area contributed by atoms with Gasteiger partial charge >= 0.3 is 5.97 Å². The lowest BCUT2D eigenvalue weighted by Crippen LogP contribution is -2.09. The Labute approximate surface area is 163 Å². The molecule has 0 unspecified atom stereocenters. The average Bonchev–Trinajstić information content (AvgIpc) is 2.67. The maximum Gasteiger partial charge on any atom is 0.341 e. The Morgan fingerprint density at radius 2 is 1.85 bits per heavy atom. The molecule has 0 bridgehead atoms. The molecule has 0 atom stereocenters. The molecule has 140 valence electrons. The van der Waals surface area contributed by atoms with Gasteiger partial charge in [0.05, 0.1) is 24.4 Å². The zero-order chi connectivity index (χ0) is 19.4. The third kappa shape index (κ3) is 3.98. The third-order valence-electron chi connectivity index (χ3n) is 4.16. The first-order valence-electron chi connectivity index (χ1n) is 8.80.